The van der Waals surface area contributed by atoms with E-state index in [4.69, 9.17) is 0 Å². The number of aromatic amines is 1. The molecule has 3 nitrogen and oxygen atoms in total. The summed E-state index contributed by atoms with van der Waals surface area (Å²) in [6.45, 7) is 0. The molecule has 3 aromatic rings. The number of nitrogens with zero attached hydrogens (tertiary/aromatic N) is 2. The third kappa shape index (κ3) is 2.31. The standard InChI is InChI=1S/C13H10FN3S/c14-10-4-1-3-9(7-10)8-12-15-13(17-16-12)11-5-2-6-18-11/h1-7H,8H2,(H,15,16,17). The van der Waals surface area contributed by atoms with Gasteiger partial charge < -0.3 is 0 Å². The molecule has 0 saturated heterocycles. The Labute approximate surface area is 107 Å². The highest BCUT2D eigenvalue weighted by Gasteiger charge is 2.07. The highest BCUT2D eigenvalue weighted by Crippen LogP contribution is 2.20. The van der Waals surface area contributed by atoms with Gasteiger partial charge in [0.05, 0.1) is 4.88 Å². The van der Waals surface area contributed by atoms with E-state index >= 15 is 0 Å². The maximum Gasteiger partial charge on any atom is 0.191 e. The molecule has 0 amide bonds. The number of rotatable bonds is 3. The van der Waals surface area contributed by atoms with Crippen LogP contribution in [0.3, 0.4) is 0 Å². The quantitative estimate of drug-likeness (QED) is 0.784. The molecule has 3 rings (SSSR count). The minimum absolute atomic E-state index is 0.231. The monoisotopic (exact) mass is 259 g/mol. The van der Waals surface area contributed by atoms with Crippen molar-refractivity contribution >= 4 is 11.3 Å². The Morgan fingerprint density at radius 2 is 2.17 bits per heavy atom. The number of thiophene rings is 1. The lowest BCUT2D eigenvalue weighted by molar-refractivity contribution is 0.626. The van der Waals surface area contributed by atoms with Gasteiger partial charge in [-0.15, -0.1) is 11.3 Å². The molecule has 5 heteroatoms. The molecule has 0 radical (unpaired) electrons. The zero-order valence-electron chi connectivity index (χ0n) is 9.43. The lowest BCUT2D eigenvalue weighted by Gasteiger charge is -1.97. The second-order valence-corrected chi connectivity index (χ2v) is 4.84. The lowest BCUT2D eigenvalue weighted by Crippen LogP contribution is -1.91. The smallest absolute Gasteiger partial charge is 0.191 e. The Morgan fingerprint density at radius 1 is 1.22 bits per heavy atom. The van der Waals surface area contributed by atoms with E-state index in [0.717, 1.165) is 16.3 Å². The maximum absolute atomic E-state index is 13.1. The normalized spacial score (nSPS) is 10.7. The van der Waals surface area contributed by atoms with Crippen molar-refractivity contribution < 1.29 is 4.39 Å². The van der Waals surface area contributed by atoms with Gasteiger partial charge in [-0.25, -0.2) is 9.37 Å². The highest BCUT2D eigenvalue weighted by molar-refractivity contribution is 7.13. The van der Waals surface area contributed by atoms with Crippen LogP contribution in [0.1, 0.15) is 11.4 Å². The Morgan fingerprint density at radius 3 is 2.94 bits per heavy atom. The minimum Gasteiger partial charge on any atom is -0.262 e. The van der Waals surface area contributed by atoms with Gasteiger partial charge in [-0.05, 0) is 29.1 Å². The van der Waals surface area contributed by atoms with E-state index in [1.54, 1.807) is 17.4 Å². The first-order chi connectivity index (χ1) is 8.81. The van der Waals surface area contributed by atoms with Crippen LogP contribution in [0.4, 0.5) is 4.39 Å². The number of hydrogen-bond donors (Lipinski definition) is 1. The highest BCUT2D eigenvalue weighted by atomic mass is 32.1. The molecule has 0 saturated carbocycles. The van der Waals surface area contributed by atoms with Crippen molar-refractivity contribution in [3.8, 4) is 10.7 Å². The van der Waals surface area contributed by atoms with Crippen LogP contribution in [0.5, 0.6) is 0 Å². The third-order valence-corrected chi connectivity index (χ3v) is 3.40. The molecule has 2 aromatic heterocycles. The van der Waals surface area contributed by atoms with Crippen molar-refractivity contribution in [1.82, 2.24) is 15.2 Å². The van der Waals surface area contributed by atoms with Gasteiger partial charge in [-0.3, -0.25) is 5.10 Å². The van der Waals surface area contributed by atoms with Gasteiger partial charge >= 0.3 is 0 Å². The van der Waals surface area contributed by atoms with E-state index in [9.17, 15) is 4.39 Å². The van der Waals surface area contributed by atoms with Crippen molar-refractivity contribution in [1.29, 1.82) is 0 Å². The fraction of sp³-hybridized carbons (Fsp3) is 0.0769. The van der Waals surface area contributed by atoms with Crippen LogP contribution in [0.15, 0.2) is 41.8 Å². The topological polar surface area (TPSA) is 41.6 Å². The predicted molar refractivity (Wildman–Crippen MR) is 68.9 cm³/mol. The summed E-state index contributed by atoms with van der Waals surface area (Å²) in [7, 11) is 0. The van der Waals surface area contributed by atoms with Gasteiger partial charge in [0.25, 0.3) is 0 Å². The summed E-state index contributed by atoms with van der Waals surface area (Å²) < 4.78 is 13.1. The fourth-order valence-electron chi connectivity index (χ4n) is 1.73. The van der Waals surface area contributed by atoms with Crippen molar-refractivity contribution in [3.05, 3.63) is 59.0 Å². The molecule has 0 bridgehead atoms. The summed E-state index contributed by atoms with van der Waals surface area (Å²) in [4.78, 5) is 5.42. The van der Waals surface area contributed by atoms with Crippen molar-refractivity contribution in [2.75, 3.05) is 0 Å². The first-order valence-corrected chi connectivity index (χ1v) is 6.39. The van der Waals surface area contributed by atoms with Crippen molar-refractivity contribution in [3.63, 3.8) is 0 Å². The van der Waals surface area contributed by atoms with Crippen LogP contribution in [0, 0.1) is 5.82 Å². The summed E-state index contributed by atoms with van der Waals surface area (Å²) in [6.07, 6.45) is 0.552. The predicted octanol–water partition coefficient (Wildman–Crippen LogP) is 3.26. The molecule has 2 heterocycles. The lowest BCUT2D eigenvalue weighted by atomic mass is 10.1. The molecule has 90 valence electrons. The number of nitrogens with one attached hydrogen (secondary N) is 1. The first-order valence-electron chi connectivity index (χ1n) is 5.51. The summed E-state index contributed by atoms with van der Waals surface area (Å²) >= 11 is 1.59. The number of hydrogen-bond acceptors (Lipinski definition) is 3. The summed E-state index contributed by atoms with van der Waals surface area (Å²) in [6, 6.07) is 10.4. The van der Waals surface area contributed by atoms with Gasteiger partial charge in [0.2, 0.25) is 0 Å². The second kappa shape index (κ2) is 4.70. The van der Waals surface area contributed by atoms with Gasteiger partial charge in [-0.1, -0.05) is 18.2 Å². The maximum atomic E-state index is 13.1. The molecule has 0 aliphatic rings. The number of halogens is 1. The molecule has 18 heavy (non-hydrogen) atoms. The minimum atomic E-state index is -0.231. The molecule has 0 unspecified atom stereocenters. The summed E-state index contributed by atoms with van der Waals surface area (Å²) in [5.74, 6) is 1.20. The van der Waals surface area contributed by atoms with Crippen LogP contribution < -0.4 is 0 Å². The molecule has 0 fully saturated rings. The Hall–Kier alpha value is -2.01. The zero-order valence-corrected chi connectivity index (χ0v) is 10.2. The van der Waals surface area contributed by atoms with E-state index in [1.807, 2.05) is 23.6 Å². The van der Waals surface area contributed by atoms with E-state index in [-0.39, 0.29) is 5.82 Å². The van der Waals surface area contributed by atoms with E-state index in [1.165, 1.54) is 12.1 Å². The average Bonchev–Trinajstić information content (AvgIpc) is 2.98. The number of H-pyrrole nitrogens is 1. The van der Waals surface area contributed by atoms with Crippen molar-refractivity contribution in [2.45, 2.75) is 6.42 Å². The van der Waals surface area contributed by atoms with E-state index < -0.39 is 0 Å². The van der Waals surface area contributed by atoms with Gasteiger partial charge in [0, 0.05) is 6.42 Å². The van der Waals surface area contributed by atoms with Crippen molar-refractivity contribution in [2.24, 2.45) is 0 Å². The van der Waals surface area contributed by atoms with Crippen LogP contribution >= 0.6 is 11.3 Å². The molecule has 0 aliphatic heterocycles. The molecule has 0 atom stereocenters. The average molecular weight is 259 g/mol. The molecule has 0 aliphatic carbocycles. The molecule has 0 spiro atoms. The Balaban J connectivity index is 1.82. The zero-order chi connectivity index (χ0) is 12.4. The van der Waals surface area contributed by atoms with E-state index in [0.29, 0.717) is 12.2 Å². The molecule has 1 N–H and O–H groups in total. The summed E-state index contributed by atoms with van der Waals surface area (Å²) in [5.41, 5.74) is 0.879. The SMILES string of the molecule is Fc1cccc(Cc2nc(-c3cccs3)n[nH]2)c1. The van der Waals surface area contributed by atoms with Crippen LogP contribution in [-0.2, 0) is 6.42 Å². The second-order valence-electron chi connectivity index (χ2n) is 3.89. The van der Waals surface area contributed by atoms with Gasteiger partial charge in [-0.2, -0.15) is 5.10 Å². The summed E-state index contributed by atoms with van der Waals surface area (Å²) in [5, 5.41) is 9.03. The van der Waals surface area contributed by atoms with Gasteiger partial charge in [0.1, 0.15) is 11.6 Å². The van der Waals surface area contributed by atoms with Crippen LogP contribution in [0.2, 0.25) is 0 Å². The molecular formula is C13H10FN3S. The third-order valence-electron chi connectivity index (χ3n) is 2.53. The fourth-order valence-corrected chi connectivity index (χ4v) is 2.39. The van der Waals surface area contributed by atoms with Gasteiger partial charge in [0.15, 0.2) is 5.82 Å². The van der Waals surface area contributed by atoms with Crippen LogP contribution in [0.25, 0.3) is 10.7 Å². The Kier molecular flexibility index (Phi) is 2.90. The molecular weight excluding hydrogens is 249 g/mol. The molecule has 1 aromatic carbocycles. The Bertz CT molecular complexity index is 646. The van der Waals surface area contributed by atoms with Crippen LogP contribution in [-0.4, -0.2) is 15.2 Å². The first kappa shape index (κ1) is 11.1. The number of aromatic nitrogens is 3. The number of benzene rings is 1. The van der Waals surface area contributed by atoms with E-state index in [2.05, 4.69) is 15.2 Å². The largest absolute Gasteiger partial charge is 0.262 e.